The monoisotopic (exact) mass is 452 g/mol. The number of ether oxygens (including phenoxy) is 1. The van der Waals surface area contributed by atoms with Gasteiger partial charge in [0.1, 0.15) is 6.61 Å². The third-order valence-corrected chi connectivity index (χ3v) is 7.24. The first kappa shape index (κ1) is 29.5. The molecule has 0 aliphatic carbocycles. The van der Waals surface area contributed by atoms with Crippen molar-refractivity contribution in [2.24, 2.45) is 0 Å². The largest absolute Gasteiger partial charge is 0.463 e. The molecule has 0 aliphatic rings. The second-order valence-corrected chi connectivity index (χ2v) is 10.4. The molecule has 2 atom stereocenters. The van der Waals surface area contributed by atoms with Gasteiger partial charge in [-0.1, -0.05) is 84.0 Å². The zero-order valence-corrected chi connectivity index (χ0v) is 20.2. The van der Waals surface area contributed by atoms with Crippen molar-refractivity contribution in [1.29, 1.82) is 0 Å². The van der Waals surface area contributed by atoms with Gasteiger partial charge < -0.3 is 24.0 Å². The van der Waals surface area contributed by atoms with Gasteiger partial charge in [0, 0.05) is 27.1 Å². The van der Waals surface area contributed by atoms with Crippen LogP contribution in [0.3, 0.4) is 0 Å². The zero-order valence-electron chi connectivity index (χ0n) is 19.4. The first-order valence-electron chi connectivity index (χ1n) is 11.6. The van der Waals surface area contributed by atoms with Crippen molar-refractivity contribution in [3.05, 3.63) is 0 Å². The lowest BCUT2D eigenvalue weighted by Gasteiger charge is -2.21. The summed E-state index contributed by atoms with van der Waals surface area (Å²) in [5, 5.41) is 19.7. The van der Waals surface area contributed by atoms with Crippen molar-refractivity contribution >= 4 is 13.6 Å². The molecule has 0 aromatic carbocycles. The van der Waals surface area contributed by atoms with Crippen LogP contribution in [0, 0.1) is 0 Å². The standard InChI is InChI=1S/C22H45O7P/c1-4-5-6-7-8-9-10-11-12-13-14-15-16-17-21(24)29-19-20(23)18-22(25)30(26,27-2)28-3/h20,22-23,25H,4-19H2,1-3H3/t20-,22?/m0/s1. The molecule has 0 fully saturated rings. The maximum absolute atomic E-state index is 12.0. The van der Waals surface area contributed by atoms with E-state index < -0.39 is 19.5 Å². The Morgan fingerprint density at radius 1 is 0.800 bits per heavy atom. The Labute approximate surface area is 183 Å². The molecule has 7 nitrogen and oxygen atoms in total. The fourth-order valence-electron chi connectivity index (χ4n) is 3.31. The Morgan fingerprint density at radius 2 is 1.23 bits per heavy atom. The van der Waals surface area contributed by atoms with Crippen molar-refractivity contribution in [2.45, 2.75) is 115 Å². The molecule has 0 rings (SSSR count). The number of aliphatic hydroxyl groups excluding tert-OH is 2. The van der Waals surface area contributed by atoms with Crippen LogP contribution < -0.4 is 0 Å². The Bertz CT molecular complexity index is 451. The minimum atomic E-state index is -3.66. The van der Waals surface area contributed by atoms with Crippen LogP contribution in [-0.2, 0) is 23.1 Å². The third kappa shape index (κ3) is 15.4. The Hall–Kier alpha value is -0.460. The Morgan fingerprint density at radius 3 is 1.67 bits per heavy atom. The minimum absolute atomic E-state index is 0.248. The van der Waals surface area contributed by atoms with Gasteiger partial charge in [0.2, 0.25) is 0 Å². The second kappa shape index (κ2) is 19.2. The Kier molecular flexibility index (Phi) is 18.9. The molecular weight excluding hydrogens is 407 g/mol. The van der Waals surface area contributed by atoms with Gasteiger partial charge in [0.25, 0.3) is 0 Å². The molecule has 180 valence electrons. The molecule has 0 bridgehead atoms. The number of rotatable bonds is 21. The van der Waals surface area contributed by atoms with E-state index in [0.29, 0.717) is 6.42 Å². The highest BCUT2D eigenvalue weighted by Crippen LogP contribution is 2.51. The van der Waals surface area contributed by atoms with E-state index in [1.165, 1.54) is 64.2 Å². The predicted octanol–water partition coefficient (Wildman–Crippen LogP) is 5.57. The zero-order chi connectivity index (χ0) is 22.7. The highest BCUT2D eigenvalue weighted by Gasteiger charge is 2.34. The number of aliphatic hydroxyl groups is 2. The highest BCUT2D eigenvalue weighted by molar-refractivity contribution is 7.54. The number of unbranched alkanes of at least 4 members (excludes halogenated alkanes) is 12. The van der Waals surface area contributed by atoms with E-state index in [1.807, 2.05) is 0 Å². The summed E-state index contributed by atoms with van der Waals surface area (Å²) in [5.41, 5.74) is 0. The molecule has 8 heteroatoms. The van der Waals surface area contributed by atoms with Crippen LogP contribution in [0.15, 0.2) is 0 Å². The quantitative estimate of drug-likeness (QED) is 0.133. The van der Waals surface area contributed by atoms with E-state index in [2.05, 4.69) is 16.0 Å². The summed E-state index contributed by atoms with van der Waals surface area (Å²) >= 11 is 0. The molecule has 0 heterocycles. The lowest BCUT2D eigenvalue weighted by molar-refractivity contribution is -0.147. The second-order valence-electron chi connectivity index (χ2n) is 7.95. The van der Waals surface area contributed by atoms with Gasteiger partial charge in [-0.2, -0.15) is 0 Å². The summed E-state index contributed by atoms with van der Waals surface area (Å²) in [7, 11) is -1.34. The van der Waals surface area contributed by atoms with Crippen molar-refractivity contribution in [3.63, 3.8) is 0 Å². The van der Waals surface area contributed by atoms with Gasteiger partial charge in [-0.25, -0.2) is 0 Å². The van der Waals surface area contributed by atoms with E-state index in [-0.39, 0.29) is 19.0 Å². The summed E-state index contributed by atoms with van der Waals surface area (Å²) < 4.78 is 26.3. The van der Waals surface area contributed by atoms with Gasteiger partial charge in [-0.3, -0.25) is 9.36 Å². The van der Waals surface area contributed by atoms with Gasteiger partial charge >= 0.3 is 13.6 Å². The van der Waals surface area contributed by atoms with Gasteiger partial charge in [-0.05, 0) is 6.42 Å². The smallest absolute Gasteiger partial charge is 0.358 e. The third-order valence-electron chi connectivity index (χ3n) is 5.28. The molecule has 0 aromatic heterocycles. The molecule has 0 aromatic rings. The van der Waals surface area contributed by atoms with Crippen molar-refractivity contribution in [3.8, 4) is 0 Å². The van der Waals surface area contributed by atoms with Crippen molar-refractivity contribution in [2.75, 3.05) is 20.8 Å². The number of esters is 1. The summed E-state index contributed by atoms with van der Waals surface area (Å²) in [5.74, 6) is -1.84. The summed E-state index contributed by atoms with van der Waals surface area (Å²) in [6.07, 6.45) is 15.1. The first-order chi connectivity index (χ1) is 14.4. The number of carbonyl (C=O) groups is 1. The van der Waals surface area contributed by atoms with Gasteiger partial charge in [0.05, 0.1) is 6.10 Å². The molecular formula is C22H45O7P. The maximum atomic E-state index is 12.0. The van der Waals surface area contributed by atoms with Gasteiger partial charge in [-0.15, -0.1) is 0 Å². The minimum Gasteiger partial charge on any atom is -0.463 e. The van der Waals surface area contributed by atoms with E-state index in [9.17, 15) is 19.6 Å². The molecule has 0 spiro atoms. The lowest BCUT2D eigenvalue weighted by atomic mass is 10.0. The number of hydrogen-bond donors (Lipinski definition) is 2. The van der Waals surface area contributed by atoms with Crippen LogP contribution >= 0.6 is 7.60 Å². The average molecular weight is 453 g/mol. The molecule has 0 amide bonds. The number of carbonyl (C=O) groups excluding carboxylic acids is 1. The molecule has 0 saturated carbocycles. The van der Waals surface area contributed by atoms with Gasteiger partial charge in [0.15, 0.2) is 5.85 Å². The number of hydrogen-bond acceptors (Lipinski definition) is 7. The van der Waals surface area contributed by atoms with E-state index in [0.717, 1.165) is 33.5 Å². The SMILES string of the molecule is CCCCCCCCCCCCCCCC(=O)OC[C@@H](O)CC(O)P(=O)(OC)OC. The molecule has 0 radical (unpaired) electrons. The molecule has 0 saturated heterocycles. The normalized spacial score (nSPS) is 13.9. The molecule has 30 heavy (non-hydrogen) atoms. The summed E-state index contributed by atoms with van der Waals surface area (Å²) in [6.45, 7) is 2.00. The van der Waals surface area contributed by atoms with Crippen LogP contribution in [0.2, 0.25) is 0 Å². The lowest BCUT2D eigenvalue weighted by Crippen LogP contribution is -2.24. The Balaban J connectivity index is 3.56. The first-order valence-corrected chi connectivity index (χ1v) is 13.2. The van der Waals surface area contributed by atoms with E-state index >= 15 is 0 Å². The van der Waals surface area contributed by atoms with E-state index in [1.54, 1.807) is 0 Å². The molecule has 2 N–H and O–H groups in total. The van der Waals surface area contributed by atoms with E-state index in [4.69, 9.17) is 4.74 Å². The fourth-order valence-corrected chi connectivity index (χ4v) is 4.44. The van der Waals surface area contributed by atoms with Crippen molar-refractivity contribution in [1.82, 2.24) is 0 Å². The van der Waals surface area contributed by atoms with Crippen LogP contribution in [0.25, 0.3) is 0 Å². The van der Waals surface area contributed by atoms with Crippen LogP contribution in [0.5, 0.6) is 0 Å². The molecule has 0 aliphatic heterocycles. The fraction of sp³-hybridized carbons (Fsp3) is 0.955. The van der Waals surface area contributed by atoms with Crippen LogP contribution in [-0.4, -0.2) is 49.0 Å². The predicted molar refractivity (Wildman–Crippen MR) is 120 cm³/mol. The van der Waals surface area contributed by atoms with Crippen molar-refractivity contribution < 1.29 is 33.4 Å². The maximum Gasteiger partial charge on any atom is 0.358 e. The molecule has 1 unspecified atom stereocenters. The average Bonchev–Trinajstić information content (AvgIpc) is 2.74. The highest BCUT2D eigenvalue weighted by atomic mass is 31.2. The summed E-state index contributed by atoms with van der Waals surface area (Å²) in [4.78, 5) is 11.7. The topological polar surface area (TPSA) is 102 Å². The summed E-state index contributed by atoms with van der Waals surface area (Å²) in [6, 6.07) is 0. The van der Waals surface area contributed by atoms with Crippen LogP contribution in [0.1, 0.15) is 103 Å². The van der Waals surface area contributed by atoms with Crippen LogP contribution in [0.4, 0.5) is 0 Å².